The fourth-order valence-electron chi connectivity index (χ4n) is 2.44. The molecular weight excluding hydrogens is 278 g/mol. The van der Waals surface area contributed by atoms with Gasteiger partial charge in [-0.15, -0.1) is 0 Å². The maximum Gasteiger partial charge on any atom is 0.191 e. The number of aryl methyl sites for hydroxylation is 1. The zero-order valence-electron chi connectivity index (χ0n) is 13.7. The van der Waals surface area contributed by atoms with Gasteiger partial charge in [0.2, 0.25) is 0 Å². The molecule has 0 saturated heterocycles. The number of aliphatic imine (C=N–C) groups is 1. The van der Waals surface area contributed by atoms with Crippen LogP contribution in [0.4, 0.5) is 0 Å². The lowest BCUT2D eigenvalue weighted by Crippen LogP contribution is -2.44. The fraction of sp³-hybridized carbons (Fsp3) is 0.588. The maximum absolute atomic E-state index is 4.34. The lowest BCUT2D eigenvalue weighted by atomic mass is 10.0. The van der Waals surface area contributed by atoms with Gasteiger partial charge >= 0.3 is 0 Å². The Morgan fingerprint density at radius 1 is 1.38 bits per heavy atom. The third-order valence-electron chi connectivity index (χ3n) is 4.16. The van der Waals surface area contributed by atoms with E-state index in [1.54, 1.807) is 0 Å². The van der Waals surface area contributed by atoms with Gasteiger partial charge in [-0.1, -0.05) is 24.3 Å². The van der Waals surface area contributed by atoms with Gasteiger partial charge in [0.05, 0.1) is 0 Å². The van der Waals surface area contributed by atoms with Gasteiger partial charge in [0, 0.05) is 30.3 Å². The molecule has 116 valence electrons. The van der Waals surface area contributed by atoms with Crippen molar-refractivity contribution in [1.82, 2.24) is 10.6 Å². The summed E-state index contributed by atoms with van der Waals surface area (Å²) in [6.45, 7) is 7.59. The van der Waals surface area contributed by atoms with Crippen molar-refractivity contribution >= 4 is 17.7 Å². The Morgan fingerprint density at radius 2 is 2.10 bits per heavy atom. The molecule has 3 nitrogen and oxygen atoms in total. The van der Waals surface area contributed by atoms with Crippen LogP contribution in [0.3, 0.4) is 0 Å². The summed E-state index contributed by atoms with van der Waals surface area (Å²) < 4.78 is 0.219. The Kier molecular flexibility index (Phi) is 5.20. The van der Waals surface area contributed by atoms with E-state index in [2.05, 4.69) is 66.9 Å². The Bertz CT molecular complexity index is 511. The molecule has 1 aliphatic rings. The standard InChI is InChI=1S/C17H27N3S/c1-12-8-6-7-9-13(12)14-10-15(14)20-16(18-4)19-11-17(2,3)21-5/h6-9,14-15H,10-11H2,1-5H3,(H2,18,19,20). The normalized spacial score (nSPS) is 22.0. The summed E-state index contributed by atoms with van der Waals surface area (Å²) in [5.74, 6) is 1.54. The second-order valence-electron chi connectivity index (χ2n) is 6.34. The summed E-state index contributed by atoms with van der Waals surface area (Å²) in [6, 6.07) is 9.18. The Morgan fingerprint density at radius 3 is 2.71 bits per heavy atom. The molecule has 1 fully saturated rings. The van der Waals surface area contributed by atoms with E-state index in [-0.39, 0.29) is 4.75 Å². The summed E-state index contributed by atoms with van der Waals surface area (Å²) in [7, 11) is 1.84. The van der Waals surface area contributed by atoms with E-state index >= 15 is 0 Å². The van der Waals surface area contributed by atoms with Crippen LogP contribution in [0.2, 0.25) is 0 Å². The predicted molar refractivity (Wildman–Crippen MR) is 94.4 cm³/mol. The molecule has 0 amide bonds. The fourth-order valence-corrected chi connectivity index (χ4v) is 2.66. The molecule has 1 aliphatic carbocycles. The second kappa shape index (κ2) is 6.73. The quantitative estimate of drug-likeness (QED) is 0.648. The van der Waals surface area contributed by atoms with Crippen molar-refractivity contribution in [3.05, 3.63) is 35.4 Å². The largest absolute Gasteiger partial charge is 0.355 e. The van der Waals surface area contributed by atoms with Crippen molar-refractivity contribution in [1.29, 1.82) is 0 Å². The van der Waals surface area contributed by atoms with E-state index in [0.717, 1.165) is 12.5 Å². The topological polar surface area (TPSA) is 36.4 Å². The first kappa shape index (κ1) is 16.2. The van der Waals surface area contributed by atoms with Gasteiger partial charge in [-0.3, -0.25) is 4.99 Å². The second-order valence-corrected chi connectivity index (χ2v) is 7.85. The Hall–Kier alpha value is -1.16. The molecule has 0 spiro atoms. The number of benzene rings is 1. The summed E-state index contributed by atoms with van der Waals surface area (Å²) >= 11 is 1.87. The molecule has 1 aromatic carbocycles. The first-order chi connectivity index (χ1) is 9.96. The molecule has 21 heavy (non-hydrogen) atoms. The van der Waals surface area contributed by atoms with Gasteiger partial charge in [0.25, 0.3) is 0 Å². The SMILES string of the molecule is CN=C(NCC(C)(C)SC)NC1CC1c1ccccc1C. The molecular formula is C17H27N3S. The molecule has 4 heteroatoms. The number of guanidine groups is 1. The van der Waals surface area contributed by atoms with Gasteiger partial charge < -0.3 is 10.6 Å². The van der Waals surface area contributed by atoms with Crippen LogP contribution in [-0.4, -0.2) is 36.6 Å². The van der Waals surface area contributed by atoms with E-state index in [4.69, 9.17) is 0 Å². The molecule has 0 aromatic heterocycles. The highest BCUT2D eigenvalue weighted by Crippen LogP contribution is 2.42. The lowest BCUT2D eigenvalue weighted by Gasteiger charge is -2.23. The number of hydrogen-bond donors (Lipinski definition) is 2. The molecule has 2 unspecified atom stereocenters. The third kappa shape index (κ3) is 4.40. The van der Waals surface area contributed by atoms with Crippen LogP contribution in [0.1, 0.15) is 37.3 Å². The van der Waals surface area contributed by atoms with Crippen molar-refractivity contribution < 1.29 is 0 Å². The minimum Gasteiger partial charge on any atom is -0.355 e. The van der Waals surface area contributed by atoms with Gasteiger partial charge in [-0.2, -0.15) is 11.8 Å². The van der Waals surface area contributed by atoms with Crippen LogP contribution >= 0.6 is 11.8 Å². The predicted octanol–water partition coefficient (Wildman–Crippen LogP) is 3.16. The Balaban J connectivity index is 1.87. The van der Waals surface area contributed by atoms with Gasteiger partial charge in [-0.25, -0.2) is 0 Å². The van der Waals surface area contributed by atoms with Crippen LogP contribution in [0.25, 0.3) is 0 Å². The van der Waals surface area contributed by atoms with Crippen molar-refractivity contribution in [3.63, 3.8) is 0 Å². The molecule has 2 N–H and O–H groups in total. The van der Waals surface area contributed by atoms with Gasteiger partial charge in [0.1, 0.15) is 0 Å². The third-order valence-corrected chi connectivity index (χ3v) is 5.41. The highest BCUT2D eigenvalue weighted by atomic mass is 32.2. The zero-order chi connectivity index (χ0) is 15.5. The van der Waals surface area contributed by atoms with Crippen molar-refractivity contribution in [3.8, 4) is 0 Å². The summed E-state index contributed by atoms with van der Waals surface area (Å²) in [6.07, 6.45) is 3.34. The van der Waals surface area contributed by atoms with Crippen LogP contribution in [0, 0.1) is 6.92 Å². The molecule has 1 aromatic rings. The lowest BCUT2D eigenvalue weighted by molar-refractivity contribution is 0.662. The van der Waals surface area contributed by atoms with Crippen molar-refractivity contribution in [2.45, 2.75) is 43.9 Å². The minimum absolute atomic E-state index is 0.219. The molecule has 0 aliphatic heterocycles. The van der Waals surface area contributed by atoms with Gasteiger partial charge in [-0.05, 0) is 44.6 Å². The first-order valence-corrected chi connectivity index (χ1v) is 8.77. The number of thioether (sulfide) groups is 1. The highest BCUT2D eigenvalue weighted by Gasteiger charge is 2.39. The van der Waals surface area contributed by atoms with Crippen molar-refractivity contribution in [2.75, 3.05) is 19.8 Å². The summed E-state index contributed by atoms with van der Waals surface area (Å²) in [5, 5.41) is 6.98. The summed E-state index contributed by atoms with van der Waals surface area (Å²) in [5.41, 5.74) is 2.85. The first-order valence-electron chi connectivity index (χ1n) is 7.54. The van der Waals surface area contributed by atoms with Crippen LogP contribution in [-0.2, 0) is 0 Å². The molecule has 0 bridgehead atoms. The van der Waals surface area contributed by atoms with E-state index in [1.165, 1.54) is 17.5 Å². The molecule has 2 atom stereocenters. The molecule has 0 heterocycles. The van der Waals surface area contributed by atoms with Crippen LogP contribution < -0.4 is 10.6 Å². The number of rotatable bonds is 5. The summed E-state index contributed by atoms with van der Waals surface area (Å²) in [4.78, 5) is 4.34. The number of hydrogen-bond acceptors (Lipinski definition) is 2. The average molecular weight is 305 g/mol. The zero-order valence-corrected chi connectivity index (χ0v) is 14.6. The smallest absolute Gasteiger partial charge is 0.191 e. The average Bonchev–Trinajstić information content (AvgIpc) is 3.23. The van der Waals surface area contributed by atoms with E-state index in [9.17, 15) is 0 Å². The van der Waals surface area contributed by atoms with E-state index in [0.29, 0.717) is 12.0 Å². The molecule has 0 radical (unpaired) electrons. The van der Waals surface area contributed by atoms with Crippen molar-refractivity contribution in [2.24, 2.45) is 4.99 Å². The van der Waals surface area contributed by atoms with E-state index in [1.807, 2.05) is 18.8 Å². The minimum atomic E-state index is 0.219. The van der Waals surface area contributed by atoms with Crippen LogP contribution in [0.5, 0.6) is 0 Å². The maximum atomic E-state index is 4.34. The monoisotopic (exact) mass is 305 g/mol. The molecule has 2 rings (SSSR count). The number of nitrogens with one attached hydrogen (secondary N) is 2. The number of nitrogens with zero attached hydrogens (tertiary/aromatic N) is 1. The van der Waals surface area contributed by atoms with Crippen LogP contribution in [0.15, 0.2) is 29.3 Å². The Labute approximate surface area is 133 Å². The highest BCUT2D eigenvalue weighted by molar-refractivity contribution is 7.99. The molecule has 1 saturated carbocycles. The van der Waals surface area contributed by atoms with Gasteiger partial charge in [0.15, 0.2) is 5.96 Å². The van der Waals surface area contributed by atoms with E-state index < -0.39 is 0 Å².